The first-order valence-electron chi connectivity index (χ1n) is 14.8. The molecule has 9 nitrogen and oxygen atoms in total. The number of rotatable bonds is 14. The van der Waals surface area contributed by atoms with Gasteiger partial charge in [0.1, 0.15) is 6.04 Å². The largest absolute Gasteiger partial charge is 0.480 e. The Hall–Kier alpha value is -4.53. The van der Waals surface area contributed by atoms with Crippen molar-refractivity contribution < 1.29 is 24.0 Å². The monoisotopic (exact) mass is 584 g/mol. The molecule has 226 valence electrons. The molecule has 4 aromatic rings. The molecule has 2 N–H and O–H groups in total. The van der Waals surface area contributed by atoms with E-state index >= 15 is 0 Å². The first kappa shape index (κ1) is 31.4. The lowest BCUT2D eigenvalue weighted by Gasteiger charge is -2.19. The van der Waals surface area contributed by atoms with E-state index in [1.165, 1.54) is 19.3 Å². The number of unbranched alkanes of at least 4 members (excludes halogenated alkanes) is 4. The summed E-state index contributed by atoms with van der Waals surface area (Å²) in [6.45, 7) is 9.11. The zero-order chi connectivity index (χ0) is 30.8. The van der Waals surface area contributed by atoms with Crippen molar-refractivity contribution in [3.8, 4) is 28.7 Å². The Morgan fingerprint density at radius 1 is 0.930 bits per heavy atom. The summed E-state index contributed by atoms with van der Waals surface area (Å²) in [7, 11) is 0. The fraction of sp³-hybridized carbons (Fsp3) is 0.382. The first-order valence-corrected chi connectivity index (χ1v) is 14.8. The maximum Gasteiger partial charge on any atom is 0.326 e. The van der Waals surface area contributed by atoms with Crippen LogP contribution in [0.5, 0.6) is 5.88 Å². The average molecular weight is 585 g/mol. The molecule has 4 rings (SSSR count). The van der Waals surface area contributed by atoms with Crippen LogP contribution in [0.25, 0.3) is 22.8 Å². The predicted molar refractivity (Wildman–Crippen MR) is 165 cm³/mol. The number of carboxylic acids is 1. The van der Waals surface area contributed by atoms with E-state index in [2.05, 4.69) is 48.1 Å². The molecular weight excluding hydrogens is 544 g/mol. The van der Waals surface area contributed by atoms with Crippen LogP contribution in [0, 0.1) is 0 Å². The van der Waals surface area contributed by atoms with Gasteiger partial charge in [0.25, 0.3) is 11.8 Å². The minimum atomic E-state index is -1.11. The van der Waals surface area contributed by atoms with Gasteiger partial charge < -0.3 is 19.7 Å². The molecule has 0 aliphatic carbocycles. The smallest absolute Gasteiger partial charge is 0.326 e. The van der Waals surface area contributed by atoms with Crippen LogP contribution in [0.2, 0.25) is 0 Å². The molecule has 0 spiro atoms. The van der Waals surface area contributed by atoms with Gasteiger partial charge in [-0.1, -0.05) is 94.9 Å². The van der Waals surface area contributed by atoms with Gasteiger partial charge in [0.2, 0.25) is 11.7 Å². The van der Waals surface area contributed by atoms with Crippen LogP contribution in [-0.2, 0) is 16.6 Å². The summed E-state index contributed by atoms with van der Waals surface area (Å²) in [6, 6.07) is 16.9. The summed E-state index contributed by atoms with van der Waals surface area (Å²) in [6.07, 6.45) is 7.62. The molecule has 43 heavy (non-hydrogen) atoms. The molecular formula is C34H40N4O5. The van der Waals surface area contributed by atoms with Gasteiger partial charge in [-0.2, -0.15) is 4.98 Å². The second-order valence-corrected chi connectivity index (χ2v) is 11.7. The van der Waals surface area contributed by atoms with Crippen molar-refractivity contribution in [2.24, 2.45) is 0 Å². The molecule has 2 heterocycles. The lowest BCUT2D eigenvalue weighted by molar-refractivity contribution is -0.139. The molecule has 0 saturated carbocycles. The Kier molecular flexibility index (Phi) is 10.6. The summed E-state index contributed by atoms with van der Waals surface area (Å²) < 4.78 is 11.2. The number of hydrogen-bond donors (Lipinski definition) is 2. The number of aromatic nitrogens is 3. The van der Waals surface area contributed by atoms with E-state index in [0.717, 1.165) is 24.0 Å². The topological polar surface area (TPSA) is 127 Å². The SMILES string of the molecule is CCCCCCCOc1ccc(-c2nc(-c3ccc(C[C@H](NC(=O)c4ccc(C(C)(C)C)cc4)C(=O)O)cc3)no2)cn1. The van der Waals surface area contributed by atoms with E-state index in [-0.39, 0.29) is 11.8 Å². The number of nitrogens with zero attached hydrogens (tertiary/aromatic N) is 3. The Labute approximate surface area is 252 Å². The van der Waals surface area contributed by atoms with E-state index in [1.807, 2.05) is 18.2 Å². The number of carbonyl (C=O) groups is 2. The van der Waals surface area contributed by atoms with Crippen molar-refractivity contribution in [2.75, 3.05) is 6.61 Å². The van der Waals surface area contributed by atoms with Crippen molar-refractivity contribution in [2.45, 2.75) is 77.7 Å². The third-order valence-corrected chi connectivity index (χ3v) is 7.18. The molecule has 0 aliphatic heterocycles. The van der Waals surface area contributed by atoms with E-state index in [1.54, 1.807) is 48.7 Å². The van der Waals surface area contributed by atoms with Crippen LogP contribution in [-0.4, -0.2) is 44.8 Å². The van der Waals surface area contributed by atoms with Gasteiger partial charge in [0.05, 0.1) is 12.2 Å². The van der Waals surface area contributed by atoms with Gasteiger partial charge in [-0.3, -0.25) is 4.79 Å². The molecule has 9 heteroatoms. The van der Waals surface area contributed by atoms with Crippen molar-refractivity contribution in [3.05, 3.63) is 83.6 Å². The minimum Gasteiger partial charge on any atom is -0.480 e. The van der Waals surface area contributed by atoms with Crippen LogP contribution in [0.4, 0.5) is 0 Å². The highest BCUT2D eigenvalue weighted by molar-refractivity contribution is 5.96. The van der Waals surface area contributed by atoms with E-state index in [0.29, 0.717) is 40.9 Å². The normalized spacial score (nSPS) is 12.1. The van der Waals surface area contributed by atoms with Crippen LogP contribution in [0.15, 0.2) is 71.4 Å². The quantitative estimate of drug-likeness (QED) is 0.154. The molecule has 1 amide bonds. The molecule has 0 bridgehead atoms. The van der Waals surface area contributed by atoms with E-state index in [9.17, 15) is 14.7 Å². The summed E-state index contributed by atoms with van der Waals surface area (Å²) in [5.41, 5.74) is 3.60. The van der Waals surface area contributed by atoms with E-state index < -0.39 is 17.9 Å². The second kappa shape index (κ2) is 14.6. The van der Waals surface area contributed by atoms with Gasteiger partial charge in [-0.05, 0) is 41.2 Å². The van der Waals surface area contributed by atoms with Gasteiger partial charge in [0, 0.05) is 29.8 Å². The number of nitrogens with one attached hydrogen (secondary N) is 1. The fourth-order valence-corrected chi connectivity index (χ4v) is 4.52. The zero-order valence-corrected chi connectivity index (χ0v) is 25.3. The number of carboxylic acid groups (broad SMARTS) is 1. The molecule has 0 fully saturated rings. The van der Waals surface area contributed by atoms with Gasteiger partial charge in [-0.25, -0.2) is 9.78 Å². The predicted octanol–water partition coefficient (Wildman–Crippen LogP) is 6.87. The molecule has 0 unspecified atom stereocenters. The lowest BCUT2D eigenvalue weighted by Crippen LogP contribution is -2.42. The van der Waals surface area contributed by atoms with Gasteiger partial charge >= 0.3 is 5.97 Å². The number of aliphatic carboxylic acids is 1. The Morgan fingerprint density at radius 3 is 2.26 bits per heavy atom. The Balaban J connectivity index is 1.33. The Morgan fingerprint density at radius 2 is 1.63 bits per heavy atom. The fourth-order valence-electron chi connectivity index (χ4n) is 4.52. The molecule has 0 saturated heterocycles. The highest BCUT2D eigenvalue weighted by atomic mass is 16.5. The zero-order valence-electron chi connectivity index (χ0n) is 25.3. The summed E-state index contributed by atoms with van der Waals surface area (Å²) in [4.78, 5) is 33.5. The molecule has 2 aromatic heterocycles. The number of pyridine rings is 1. The summed E-state index contributed by atoms with van der Waals surface area (Å²) in [5, 5.41) is 16.5. The summed E-state index contributed by atoms with van der Waals surface area (Å²) >= 11 is 0. The highest BCUT2D eigenvalue weighted by Gasteiger charge is 2.22. The Bertz CT molecular complexity index is 1470. The standard InChI is InChI=1S/C34H40N4O5/c1-5-6-7-8-9-20-42-29-19-16-26(22-35-29)32-37-30(38-43-32)24-12-10-23(11-13-24)21-28(33(40)41)36-31(39)25-14-17-27(18-15-25)34(2,3)4/h10-19,22,28H,5-9,20-21H2,1-4H3,(H,36,39)(H,40,41)/t28-/m0/s1. The second-order valence-electron chi connectivity index (χ2n) is 11.7. The van der Waals surface area contributed by atoms with Gasteiger partial charge in [0.15, 0.2) is 0 Å². The maximum atomic E-state index is 12.8. The maximum absolute atomic E-state index is 12.8. The van der Waals surface area contributed by atoms with Crippen LogP contribution >= 0.6 is 0 Å². The van der Waals surface area contributed by atoms with Crippen LogP contribution < -0.4 is 10.1 Å². The molecule has 2 aromatic carbocycles. The number of carbonyl (C=O) groups excluding carboxylic acids is 1. The van der Waals surface area contributed by atoms with Crippen molar-refractivity contribution >= 4 is 11.9 Å². The molecule has 0 aliphatic rings. The molecule has 0 radical (unpaired) electrons. The molecule has 1 atom stereocenters. The van der Waals surface area contributed by atoms with Crippen molar-refractivity contribution in [1.82, 2.24) is 20.4 Å². The number of amides is 1. The van der Waals surface area contributed by atoms with Gasteiger partial charge in [-0.15, -0.1) is 0 Å². The highest BCUT2D eigenvalue weighted by Crippen LogP contribution is 2.24. The third kappa shape index (κ3) is 8.98. The third-order valence-electron chi connectivity index (χ3n) is 7.18. The van der Waals surface area contributed by atoms with Crippen LogP contribution in [0.1, 0.15) is 81.3 Å². The van der Waals surface area contributed by atoms with Crippen molar-refractivity contribution in [3.63, 3.8) is 0 Å². The average Bonchev–Trinajstić information content (AvgIpc) is 3.49. The summed E-state index contributed by atoms with van der Waals surface area (Å²) in [5.74, 6) is -0.245. The van der Waals surface area contributed by atoms with E-state index in [4.69, 9.17) is 9.26 Å². The van der Waals surface area contributed by atoms with Crippen LogP contribution in [0.3, 0.4) is 0 Å². The van der Waals surface area contributed by atoms with Crippen molar-refractivity contribution in [1.29, 1.82) is 0 Å². The number of hydrogen-bond acceptors (Lipinski definition) is 7. The minimum absolute atomic E-state index is 0.0429. The first-order chi connectivity index (χ1) is 20.6. The lowest BCUT2D eigenvalue weighted by atomic mass is 9.86. The number of ether oxygens (including phenoxy) is 1. The number of benzene rings is 2.